The van der Waals surface area contributed by atoms with Crippen molar-refractivity contribution in [3.05, 3.63) is 87.4 Å². The zero-order valence-electron chi connectivity index (χ0n) is 18.6. The van der Waals surface area contributed by atoms with Crippen LogP contribution >= 0.6 is 23.2 Å². The number of halogens is 2. The highest BCUT2D eigenvalue weighted by molar-refractivity contribution is 6.35. The molecule has 7 heteroatoms. The number of hydrogen-bond acceptors (Lipinski definition) is 5. The number of ether oxygens (including phenoxy) is 3. The van der Waals surface area contributed by atoms with Gasteiger partial charge in [0.05, 0.1) is 30.0 Å². The van der Waals surface area contributed by atoms with Crippen molar-refractivity contribution in [2.45, 2.75) is 38.6 Å². The number of rotatable bonds is 5. The van der Waals surface area contributed by atoms with Gasteiger partial charge in [-0.2, -0.15) is 5.10 Å². The number of hydrazone groups is 1. The number of hydrogen-bond donors (Lipinski definition) is 0. The van der Waals surface area contributed by atoms with E-state index in [1.807, 2.05) is 73.5 Å². The molecule has 33 heavy (non-hydrogen) atoms. The van der Waals surface area contributed by atoms with Crippen molar-refractivity contribution in [1.82, 2.24) is 5.01 Å². The molecule has 3 aromatic carbocycles. The lowest BCUT2D eigenvalue weighted by molar-refractivity contribution is -0.0189. The van der Waals surface area contributed by atoms with Crippen LogP contribution in [0.25, 0.3) is 0 Å². The molecule has 0 saturated heterocycles. The van der Waals surface area contributed by atoms with Crippen LogP contribution in [0.2, 0.25) is 10.0 Å². The van der Waals surface area contributed by atoms with Crippen LogP contribution in [0.4, 0.5) is 0 Å². The summed E-state index contributed by atoms with van der Waals surface area (Å²) in [7, 11) is 1.66. The third-order valence-electron chi connectivity index (χ3n) is 5.77. The van der Waals surface area contributed by atoms with Crippen molar-refractivity contribution in [3.63, 3.8) is 0 Å². The fourth-order valence-electron chi connectivity index (χ4n) is 4.28. The molecule has 0 unspecified atom stereocenters. The van der Waals surface area contributed by atoms with Gasteiger partial charge in [0.15, 0.2) is 0 Å². The third kappa shape index (κ3) is 4.23. The van der Waals surface area contributed by atoms with E-state index < -0.39 is 6.23 Å². The van der Waals surface area contributed by atoms with Crippen LogP contribution in [-0.4, -0.2) is 23.9 Å². The van der Waals surface area contributed by atoms with Gasteiger partial charge in [-0.05, 0) is 80.1 Å². The van der Waals surface area contributed by atoms with E-state index in [0.717, 1.165) is 33.9 Å². The minimum atomic E-state index is -0.426. The Balaban J connectivity index is 1.54. The molecule has 2 heterocycles. The zero-order chi connectivity index (χ0) is 23.1. The Labute approximate surface area is 203 Å². The lowest BCUT2D eigenvalue weighted by Gasteiger charge is -2.38. The molecule has 0 aliphatic carbocycles. The van der Waals surface area contributed by atoms with Crippen molar-refractivity contribution >= 4 is 28.9 Å². The van der Waals surface area contributed by atoms with Gasteiger partial charge in [0.2, 0.25) is 6.23 Å². The maximum atomic E-state index is 6.56. The Morgan fingerprint density at radius 2 is 1.70 bits per heavy atom. The number of methoxy groups -OCH3 is 1. The first-order chi connectivity index (χ1) is 15.9. The van der Waals surface area contributed by atoms with Crippen LogP contribution in [0.1, 0.15) is 49.2 Å². The Bertz CT molecular complexity index is 1190. The summed E-state index contributed by atoms with van der Waals surface area (Å²) >= 11 is 12.9. The second-order valence-electron chi connectivity index (χ2n) is 8.39. The summed E-state index contributed by atoms with van der Waals surface area (Å²) in [6.45, 7) is 4.01. The van der Waals surface area contributed by atoms with E-state index in [-0.39, 0.29) is 12.1 Å². The van der Waals surface area contributed by atoms with Gasteiger partial charge in [-0.3, -0.25) is 0 Å². The summed E-state index contributed by atoms with van der Waals surface area (Å²) in [6.07, 6.45) is 0.395. The van der Waals surface area contributed by atoms with E-state index in [4.69, 9.17) is 42.5 Å². The lowest BCUT2D eigenvalue weighted by atomic mass is 9.96. The molecular formula is C26H24Cl2N2O3. The van der Waals surface area contributed by atoms with E-state index in [9.17, 15) is 0 Å². The van der Waals surface area contributed by atoms with Crippen LogP contribution in [0.5, 0.6) is 17.2 Å². The maximum absolute atomic E-state index is 6.56. The molecule has 2 aliphatic rings. The van der Waals surface area contributed by atoms with Gasteiger partial charge in [0.1, 0.15) is 17.2 Å². The quantitative estimate of drug-likeness (QED) is 0.391. The van der Waals surface area contributed by atoms with Gasteiger partial charge in [0, 0.05) is 22.6 Å². The Morgan fingerprint density at radius 3 is 2.36 bits per heavy atom. The molecule has 2 atom stereocenters. The lowest BCUT2D eigenvalue weighted by Crippen LogP contribution is -2.33. The van der Waals surface area contributed by atoms with Gasteiger partial charge in [-0.15, -0.1) is 0 Å². The van der Waals surface area contributed by atoms with Crippen molar-refractivity contribution in [1.29, 1.82) is 0 Å². The second kappa shape index (κ2) is 8.81. The average Bonchev–Trinajstić information content (AvgIpc) is 3.25. The summed E-state index contributed by atoms with van der Waals surface area (Å²) in [5.74, 6) is 2.28. The number of fused-ring (bicyclic) bond motifs is 3. The second-order valence-corrected chi connectivity index (χ2v) is 9.23. The van der Waals surface area contributed by atoms with Gasteiger partial charge in [0.25, 0.3) is 0 Å². The first kappa shape index (κ1) is 21.9. The first-order valence-electron chi connectivity index (χ1n) is 10.9. The van der Waals surface area contributed by atoms with Crippen molar-refractivity contribution < 1.29 is 14.2 Å². The number of nitrogens with zero attached hydrogens (tertiary/aromatic N) is 2. The summed E-state index contributed by atoms with van der Waals surface area (Å²) in [5, 5.41) is 8.07. The SMILES string of the molecule is COc1ccc(C2=NN3[C@H](C2)c2cc(Cl)cc(Cl)c2O[C@@H]3c2ccc(OC(C)C)cc2)cc1. The molecule has 0 radical (unpaired) electrons. The van der Waals surface area contributed by atoms with Crippen LogP contribution in [0.3, 0.4) is 0 Å². The summed E-state index contributed by atoms with van der Waals surface area (Å²) in [6, 6.07) is 19.5. The topological polar surface area (TPSA) is 43.3 Å². The van der Waals surface area contributed by atoms with Gasteiger partial charge in [-0.25, -0.2) is 5.01 Å². The Kier molecular flexibility index (Phi) is 5.85. The summed E-state index contributed by atoms with van der Waals surface area (Å²) in [5.41, 5.74) is 3.92. The van der Waals surface area contributed by atoms with Crippen LogP contribution in [0, 0.1) is 0 Å². The molecule has 170 valence electrons. The minimum Gasteiger partial charge on any atom is -0.497 e. The molecule has 5 nitrogen and oxygen atoms in total. The van der Waals surface area contributed by atoms with E-state index in [0.29, 0.717) is 22.2 Å². The molecule has 5 rings (SSSR count). The van der Waals surface area contributed by atoms with E-state index >= 15 is 0 Å². The van der Waals surface area contributed by atoms with Gasteiger partial charge in [-0.1, -0.05) is 23.2 Å². The fourth-order valence-corrected chi connectivity index (χ4v) is 4.83. The normalized spacial score (nSPS) is 19.0. The molecule has 3 aromatic rings. The highest BCUT2D eigenvalue weighted by atomic mass is 35.5. The molecule has 0 N–H and O–H groups in total. The van der Waals surface area contributed by atoms with Crippen molar-refractivity contribution in [3.8, 4) is 17.2 Å². The first-order valence-corrected chi connectivity index (χ1v) is 11.6. The monoisotopic (exact) mass is 482 g/mol. The summed E-state index contributed by atoms with van der Waals surface area (Å²) < 4.78 is 17.5. The standard InChI is InChI=1S/C26H24Cl2N2O3/c1-15(2)32-20-10-6-17(7-11-20)26-30-24(21-12-18(27)13-22(28)25(21)33-26)14-23(29-30)16-4-8-19(31-3)9-5-16/h4-13,15,24,26H,14H2,1-3H3/t24-,26-/m1/s1. The maximum Gasteiger partial charge on any atom is 0.213 e. The summed E-state index contributed by atoms with van der Waals surface area (Å²) in [4.78, 5) is 0. The molecule has 0 fully saturated rings. The van der Waals surface area contributed by atoms with E-state index in [1.54, 1.807) is 13.2 Å². The molecule has 2 aliphatic heterocycles. The smallest absolute Gasteiger partial charge is 0.213 e. The Morgan fingerprint density at radius 1 is 1.00 bits per heavy atom. The fraction of sp³-hybridized carbons (Fsp3) is 0.269. The van der Waals surface area contributed by atoms with Crippen LogP contribution < -0.4 is 14.2 Å². The van der Waals surface area contributed by atoms with Crippen LogP contribution in [-0.2, 0) is 0 Å². The number of benzene rings is 3. The van der Waals surface area contributed by atoms with Gasteiger partial charge >= 0.3 is 0 Å². The van der Waals surface area contributed by atoms with Gasteiger partial charge < -0.3 is 14.2 Å². The molecule has 0 bridgehead atoms. The molecule has 0 spiro atoms. The highest BCUT2D eigenvalue weighted by Crippen LogP contribution is 2.50. The van der Waals surface area contributed by atoms with E-state index in [2.05, 4.69) is 0 Å². The van der Waals surface area contributed by atoms with Crippen molar-refractivity contribution in [2.75, 3.05) is 7.11 Å². The minimum absolute atomic E-state index is 0.0429. The molecule has 0 saturated carbocycles. The zero-order valence-corrected chi connectivity index (χ0v) is 20.1. The van der Waals surface area contributed by atoms with Crippen LogP contribution in [0.15, 0.2) is 65.8 Å². The Hall–Kier alpha value is -2.89. The highest BCUT2D eigenvalue weighted by Gasteiger charge is 2.42. The van der Waals surface area contributed by atoms with E-state index in [1.165, 1.54) is 0 Å². The molecule has 0 amide bonds. The third-order valence-corrected chi connectivity index (χ3v) is 6.27. The molecular weight excluding hydrogens is 459 g/mol. The van der Waals surface area contributed by atoms with Crippen molar-refractivity contribution in [2.24, 2.45) is 5.10 Å². The average molecular weight is 483 g/mol. The molecule has 0 aromatic heterocycles. The largest absolute Gasteiger partial charge is 0.497 e. The predicted molar refractivity (Wildman–Crippen MR) is 131 cm³/mol. The predicted octanol–water partition coefficient (Wildman–Crippen LogP) is 7.03.